The fourth-order valence-corrected chi connectivity index (χ4v) is 5.36. The number of carbonyl (C=O) groups excluding carboxylic acids is 4. The predicted octanol–water partition coefficient (Wildman–Crippen LogP) is 7.32. The molecule has 0 heterocycles. The van der Waals surface area contributed by atoms with Gasteiger partial charge in [-0.05, 0) is 127 Å². The van der Waals surface area contributed by atoms with E-state index in [1.54, 1.807) is 18.2 Å². The molecular formula is C41H72N4O8. The quantitative estimate of drug-likeness (QED) is 0.0650. The van der Waals surface area contributed by atoms with Crippen LogP contribution in [0.1, 0.15) is 157 Å². The van der Waals surface area contributed by atoms with E-state index in [0.717, 1.165) is 32.1 Å². The fraction of sp³-hybridized carbons (Fsp3) is 0.756. The molecule has 0 saturated carbocycles. The van der Waals surface area contributed by atoms with Crippen molar-refractivity contribution in [3.8, 4) is 5.75 Å². The Balaban J connectivity index is 2.20. The first-order valence-electron chi connectivity index (χ1n) is 19.3. The molecule has 0 bridgehead atoms. The summed E-state index contributed by atoms with van der Waals surface area (Å²) in [7, 11) is 0. The van der Waals surface area contributed by atoms with Crippen molar-refractivity contribution < 1.29 is 38.5 Å². The third-order valence-electron chi connectivity index (χ3n) is 8.78. The first kappa shape index (κ1) is 47.6. The Labute approximate surface area is 319 Å². The number of amides is 4. The Hall–Kier alpha value is -3.38. The van der Waals surface area contributed by atoms with Gasteiger partial charge in [-0.25, -0.2) is 4.79 Å². The van der Waals surface area contributed by atoms with Gasteiger partial charge < -0.3 is 40.6 Å². The van der Waals surface area contributed by atoms with Crippen molar-refractivity contribution in [2.45, 2.75) is 175 Å². The molecule has 0 aliphatic carbocycles. The van der Waals surface area contributed by atoms with Gasteiger partial charge in [0.15, 0.2) is 0 Å². The highest BCUT2D eigenvalue weighted by atomic mass is 16.6. The predicted molar refractivity (Wildman–Crippen MR) is 210 cm³/mol. The van der Waals surface area contributed by atoms with Gasteiger partial charge in [-0.2, -0.15) is 0 Å². The molecule has 0 aromatic heterocycles. The molecule has 4 amide bonds. The van der Waals surface area contributed by atoms with Crippen molar-refractivity contribution in [3.63, 3.8) is 0 Å². The summed E-state index contributed by atoms with van der Waals surface area (Å²) in [6.07, 6.45) is 7.34. The lowest BCUT2D eigenvalue weighted by Crippen LogP contribution is -2.47. The van der Waals surface area contributed by atoms with E-state index < -0.39 is 34.0 Å². The van der Waals surface area contributed by atoms with Crippen LogP contribution in [0.5, 0.6) is 5.75 Å². The van der Waals surface area contributed by atoms with Gasteiger partial charge >= 0.3 is 6.09 Å². The molecule has 304 valence electrons. The minimum atomic E-state index is -0.566. The zero-order chi connectivity index (χ0) is 40.3. The number of rotatable bonds is 25. The molecule has 0 fully saturated rings. The second-order valence-corrected chi connectivity index (χ2v) is 17.5. The van der Waals surface area contributed by atoms with Crippen molar-refractivity contribution in [1.82, 2.24) is 21.3 Å². The van der Waals surface area contributed by atoms with Crippen LogP contribution < -0.4 is 21.3 Å². The van der Waals surface area contributed by atoms with Crippen LogP contribution in [-0.2, 0) is 23.8 Å². The second-order valence-electron chi connectivity index (χ2n) is 17.5. The van der Waals surface area contributed by atoms with Gasteiger partial charge in [0.2, 0.25) is 11.8 Å². The van der Waals surface area contributed by atoms with Crippen LogP contribution in [0.3, 0.4) is 0 Å². The van der Waals surface area contributed by atoms with E-state index in [0.29, 0.717) is 64.8 Å². The number of phenols is 1. The van der Waals surface area contributed by atoms with Gasteiger partial charge in [-0.3, -0.25) is 14.4 Å². The second kappa shape index (κ2) is 22.1. The highest BCUT2D eigenvalue weighted by Crippen LogP contribution is 2.22. The van der Waals surface area contributed by atoms with Gasteiger partial charge in [0.25, 0.3) is 5.91 Å². The fourth-order valence-electron chi connectivity index (χ4n) is 5.36. The molecule has 0 spiro atoms. The van der Waals surface area contributed by atoms with E-state index in [-0.39, 0.29) is 29.0 Å². The summed E-state index contributed by atoms with van der Waals surface area (Å²) in [5.74, 6) is -0.307. The SMILES string of the molecule is CC(C)(CCOC(C)(C)CCNC(=O)CCCCCCCNC(=O)c1ccccc1O)NC(=O)CCC(C)(C)OCCC(C)(C)NC(=O)OC(C)(C)C. The topological polar surface area (TPSA) is 164 Å². The number of ether oxygens (including phenoxy) is 3. The molecule has 0 unspecified atom stereocenters. The van der Waals surface area contributed by atoms with E-state index in [4.69, 9.17) is 14.2 Å². The highest BCUT2D eigenvalue weighted by Gasteiger charge is 2.28. The highest BCUT2D eigenvalue weighted by molar-refractivity contribution is 5.96. The summed E-state index contributed by atoms with van der Waals surface area (Å²) in [5, 5.41) is 21.6. The summed E-state index contributed by atoms with van der Waals surface area (Å²) in [4.78, 5) is 49.5. The normalized spacial score (nSPS) is 12.6. The van der Waals surface area contributed by atoms with Gasteiger partial charge in [-0.15, -0.1) is 0 Å². The molecule has 53 heavy (non-hydrogen) atoms. The molecule has 0 aliphatic rings. The summed E-state index contributed by atoms with van der Waals surface area (Å²) < 4.78 is 17.6. The minimum absolute atomic E-state index is 0.0219. The van der Waals surface area contributed by atoms with Gasteiger partial charge in [-0.1, -0.05) is 31.4 Å². The monoisotopic (exact) mass is 749 g/mol. The summed E-state index contributed by atoms with van der Waals surface area (Å²) in [6.45, 7) is 23.2. The number of benzene rings is 1. The van der Waals surface area contributed by atoms with Crippen molar-refractivity contribution in [3.05, 3.63) is 29.8 Å². The number of hydrogen-bond acceptors (Lipinski definition) is 8. The number of unbranched alkanes of at least 4 members (excludes halogenated alkanes) is 4. The van der Waals surface area contributed by atoms with Gasteiger partial charge in [0.05, 0.1) is 16.8 Å². The minimum Gasteiger partial charge on any atom is -0.507 e. The van der Waals surface area contributed by atoms with Crippen LogP contribution in [0.2, 0.25) is 0 Å². The average Bonchev–Trinajstić information content (AvgIpc) is 2.99. The molecule has 0 aliphatic heterocycles. The Kier molecular flexibility index (Phi) is 19.9. The number of alkyl carbamates (subject to hydrolysis) is 1. The first-order valence-corrected chi connectivity index (χ1v) is 19.3. The number of hydrogen-bond donors (Lipinski definition) is 5. The Bertz CT molecular complexity index is 1290. The molecule has 0 atom stereocenters. The summed E-state index contributed by atoms with van der Waals surface area (Å²) in [5.41, 5.74) is -2.19. The average molecular weight is 749 g/mol. The van der Waals surface area contributed by atoms with E-state index in [1.165, 1.54) is 6.07 Å². The largest absolute Gasteiger partial charge is 0.507 e. The van der Waals surface area contributed by atoms with Crippen molar-refractivity contribution >= 4 is 23.8 Å². The van der Waals surface area contributed by atoms with Gasteiger partial charge in [0, 0.05) is 50.2 Å². The molecule has 0 radical (unpaired) electrons. The smallest absolute Gasteiger partial charge is 0.408 e. The molecule has 12 heteroatoms. The van der Waals surface area contributed by atoms with Crippen molar-refractivity contribution in [2.24, 2.45) is 0 Å². The maximum absolute atomic E-state index is 12.8. The molecule has 1 aromatic rings. The van der Waals surface area contributed by atoms with E-state index >= 15 is 0 Å². The van der Waals surface area contributed by atoms with Crippen molar-refractivity contribution in [2.75, 3.05) is 26.3 Å². The van der Waals surface area contributed by atoms with Crippen LogP contribution in [0.15, 0.2) is 24.3 Å². The molecular weight excluding hydrogens is 676 g/mol. The lowest BCUT2D eigenvalue weighted by Gasteiger charge is -2.32. The zero-order valence-corrected chi connectivity index (χ0v) is 34.7. The van der Waals surface area contributed by atoms with Crippen LogP contribution in [0.4, 0.5) is 4.79 Å². The Morgan fingerprint density at radius 3 is 1.75 bits per heavy atom. The standard InChI is InChI=1S/C41H72N4O8/c1-37(2,3)53-36(50)45-39(6,7)26-30-51-40(8,9)23-22-34(48)44-38(4,5)25-29-52-41(10,11)24-28-42-33(47)21-15-13-12-14-18-27-43-35(49)31-19-16-17-20-32(31)46/h16-17,19-20,46H,12-15,18,21-30H2,1-11H3,(H,42,47)(H,43,49)(H,44,48)(H,45,50). The number of para-hydroxylation sites is 1. The molecule has 0 saturated heterocycles. The maximum atomic E-state index is 12.8. The Morgan fingerprint density at radius 1 is 0.604 bits per heavy atom. The van der Waals surface area contributed by atoms with Crippen LogP contribution in [0, 0.1) is 0 Å². The molecule has 5 N–H and O–H groups in total. The van der Waals surface area contributed by atoms with E-state index in [9.17, 15) is 24.3 Å². The van der Waals surface area contributed by atoms with Crippen LogP contribution in [-0.4, -0.2) is 83.1 Å². The molecule has 12 nitrogen and oxygen atoms in total. The number of nitrogens with one attached hydrogen (secondary N) is 4. The Morgan fingerprint density at radius 2 is 1.15 bits per heavy atom. The maximum Gasteiger partial charge on any atom is 0.408 e. The van der Waals surface area contributed by atoms with E-state index in [2.05, 4.69) is 21.3 Å². The lowest BCUT2D eigenvalue weighted by molar-refractivity contribution is -0.125. The van der Waals surface area contributed by atoms with E-state index in [1.807, 2.05) is 76.2 Å². The van der Waals surface area contributed by atoms with Crippen molar-refractivity contribution in [1.29, 1.82) is 0 Å². The number of phenolic OH excluding ortho intramolecular Hbond substituents is 1. The molecule has 1 rings (SSSR count). The number of carbonyl (C=O) groups is 4. The third kappa shape index (κ3) is 23.8. The third-order valence-corrected chi connectivity index (χ3v) is 8.78. The summed E-state index contributed by atoms with van der Waals surface area (Å²) >= 11 is 0. The number of aromatic hydroxyl groups is 1. The van der Waals surface area contributed by atoms with Crippen LogP contribution in [0.25, 0.3) is 0 Å². The lowest BCUT2D eigenvalue weighted by atomic mass is 9.98. The summed E-state index contributed by atoms with van der Waals surface area (Å²) in [6, 6.07) is 6.49. The molecule has 1 aromatic carbocycles. The van der Waals surface area contributed by atoms with Crippen LogP contribution >= 0.6 is 0 Å². The van der Waals surface area contributed by atoms with Gasteiger partial charge in [0.1, 0.15) is 11.4 Å². The zero-order valence-electron chi connectivity index (χ0n) is 34.7. The first-order chi connectivity index (χ1) is 24.4.